The lowest BCUT2D eigenvalue weighted by Crippen LogP contribution is -2.40. The smallest absolute Gasteiger partial charge is 0.225 e. The van der Waals surface area contributed by atoms with Crippen molar-refractivity contribution < 1.29 is 16.3 Å². The van der Waals surface area contributed by atoms with Gasteiger partial charge in [-0.1, -0.05) is 139 Å². The van der Waals surface area contributed by atoms with Crippen LogP contribution in [0.25, 0.3) is 72.4 Å². The van der Waals surface area contributed by atoms with Crippen LogP contribution >= 0.6 is 0 Å². The van der Waals surface area contributed by atoms with Crippen LogP contribution in [0.5, 0.6) is 11.5 Å². The molecule has 0 radical (unpaired) electrons. The quantitative estimate of drug-likeness (QED) is 0.153. The lowest BCUT2D eigenvalue weighted by molar-refractivity contribution is 0.188. The Labute approximate surface area is 375 Å². The van der Waals surface area contributed by atoms with Crippen molar-refractivity contribution in [3.8, 4) is 50.7 Å². The fourth-order valence-corrected chi connectivity index (χ4v) is 8.96. The van der Waals surface area contributed by atoms with E-state index in [0.717, 1.165) is 78.0 Å². The van der Waals surface area contributed by atoms with E-state index in [2.05, 4.69) is 132 Å². The van der Waals surface area contributed by atoms with Crippen LogP contribution in [0.3, 0.4) is 0 Å². The number of hydrogen-bond acceptors (Lipinski definition) is 5. The van der Waals surface area contributed by atoms with Crippen LogP contribution in [0, 0.1) is 6.92 Å². The highest BCUT2D eigenvalue weighted by molar-refractivity contribution is 6.09. The van der Waals surface area contributed by atoms with E-state index in [1.54, 1.807) is 6.20 Å². The largest absolute Gasteiger partial charge is 0.457 e. The van der Waals surface area contributed by atoms with Gasteiger partial charge in [0.1, 0.15) is 29.3 Å². The molecule has 2 aromatic heterocycles. The van der Waals surface area contributed by atoms with E-state index in [9.17, 15) is 0 Å². The molecule has 0 atom stereocenters. The molecule has 4 heterocycles. The first-order valence-corrected chi connectivity index (χ1v) is 21.1. The molecule has 0 N–H and O–H groups in total. The van der Waals surface area contributed by atoms with E-state index in [0.29, 0.717) is 29.5 Å². The van der Waals surface area contributed by atoms with E-state index >= 15 is 0 Å². The summed E-state index contributed by atoms with van der Waals surface area (Å²) in [6.45, 7) is 9.19. The van der Waals surface area contributed by atoms with Crippen molar-refractivity contribution in [2.45, 2.75) is 33.2 Å². The monoisotopic (exact) mass is 823 g/mol. The maximum Gasteiger partial charge on any atom is 0.225 e. The summed E-state index contributed by atoms with van der Waals surface area (Å²) in [5.74, 6) is 2.70. The molecular formula is C57H46N4O2. The third-order valence-corrected chi connectivity index (χ3v) is 12.0. The molecule has 0 saturated heterocycles. The molecule has 0 bridgehead atoms. The van der Waals surface area contributed by atoms with E-state index in [1.165, 1.54) is 0 Å². The number of rotatable bonds is 8. The average Bonchev–Trinajstić information content (AvgIpc) is 4.04. The van der Waals surface area contributed by atoms with Crippen LogP contribution in [-0.2, 0) is 4.74 Å². The summed E-state index contributed by atoms with van der Waals surface area (Å²) in [6, 6.07) is 50.1. The lowest BCUT2D eigenvalue weighted by atomic mass is 9.88. The van der Waals surface area contributed by atoms with Crippen molar-refractivity contribution >= 4 is 33.2 Å². The molecular weight excluding hydrogens is 773 g/mol. The number of nitrogens with zero attached hydrogens (tertiary/aromatic N) is 4. The van der Waals surface area contributed by atoms with Crippen molar-refractivity contribution in [1.29, 1.82) is 0 Å². The first kappa shape index (κ1) is 32.9. The van der Waals surface area contributed by atoms with Gasteiger partial charge < -0.3 is 14.4 Å². The number of pyridine rings is 1. The lowest BCUT2D eigenvalue weighted by Gasteiger charge is -2.37. The minimum Gasteiger partial charge on any atom is -0.457 e. The van der Waals surface area contributed by atoms with E-state index in [1.807, 2.05) is 67.8 Å². The maximum atomic E-state index is 8.59. The summed E-state index contributed by atoms with van der Waals surface area (Å²) in [5.41, 5.74) is 11.4. The Morgan fingerprint density at radius 3 is 1.98 bits per heavy atom. The number of fused-ring (bicyclic) bond motifs is 4. The molecule has 0 unspecified atom stereocenters. The van der Waals surface area contributed by atoms with Gasteiger partial charge in [-0.05, 0) is 97.5 Å². The first-order chi connectivity index (χ1) is 32.9. The molecule has 7 aromatic carbocycles. The van der Waals surface area contributed by atoms with Gasteiger partial charge in [0.2, 0.25) is 5.88 Å². The van der Waals surface area contributed by atoms with Crippen LogP contribution in [-0.4, -0.2) is 31.6 Å². The van der Waals surface area contributed by atoms with Crippen LogP contribution in [0.1, 0.15) is 44.3 Å². The number of para-hydroxylation sites is 1. The van der Waals surface area contributed by atoms with Crippen LogP contribution in [0.15, 0.2) is 200 Å². The van der Waals surface area contributed by atoms with Gasteiger partial charge in [-0.3, -0.25) is 9.47 Å². The summed E-state index contributed by atoms with van der Waals surface area (Å²) >= 11 is 0. The number of aromatic nitrogens is 2. The minimum absolute atomic E-state index is 0.127. The Kier molecular flexibility index (Phi) is 7.97. The molecule has 0 spiro atoms. The van der Waals surface area contributed by atoms with Crippen LogP contribution in [0.2, 0.25) is 0 Å². The van der Waals surface area contributed by atoms with Gasteiger partial charge in [0.15, 0.2) is 0 Å². The fraction of sp³-hybridized carbons (Fsp3) is 0.105. The molecule has 9 aromatic rings. The van der Waals surface area contributed by atoms with Gasteiger partial charge >= 0.3 is 0 Å². The molecule has 0 amide bonds. The van der Waals surface area contributed by atoms with Gasteiger partial charge in [-0.15, -0.1) is 0 Å². The molecule has 63 heavy (non-hydrogen) atoms. The van der Waals surface area contributed by atoms with Crippen molar-refractivity contribution in [2.24, 2.45) is 0 Å². The summed E-state index contributed by atoms with van der Waals surface area (Å²) in [4.78, 5) is 9.56. The summed E-state index contributed by atoms with van der Waals surface area (Å²) in [5, 5.41) is 2.06. The van der Waals surface area contributed by atoms with E-state index in [4.69, 9.17) is 21.3 Å². The third-order valence-electron chi connectivity index (χ3n) is 12.0. The topological polar surface area (TPSA) is 42.8 Å². The van der Waals surface area contributed by atoms with Gasteiger partial charge in [0, 0.05) is 45.3 Å². The second kappa shape index (κ2) is 15.3. The van der Waals surface area contributed by atoms with Crippen molar-refractivity contribution in [2.75, 3.05) is 6.67 Å². The highest BCUT2D eigenvalue weighted by Crippen LogP contribution is 2.49. The summed E-state index contributed by atoms with van der Waals surface area (Å²) in [6.07, 6.45) is 3.45. The average molecular weight is 824 g/mol. The predicted octanol–water partition coefficient (Wildman–Crippen LogP) is 14.3. The normalized spacial score (nSPS) is 14.9. The molecule has 0 saturated carbocycles. The zero-order chi connectivity index (χ0) is 47.0. The number of aryl methyl sites for hydroxylation is 1. The first-order valence-electron chi connectivity index (χ1n) is 23.6. The Hall–Kier alpha value is -7.83. The summed E-state index contributed by atoms with van der Waals surface area (Å²) in [7, 11) is 0. The molecule has 0 aliphatic carbocycles. The van der Waals surface area contributed by atoms with E-state index < -0.39 is 6.04 Å². The fourth-order valence-electron chi connectivity index (χ4n) is 8.96. The zero-order valence-corrected chi connectivity index (χ0v) is 35.4. The molecule has 2 aliphatic rings. The van der Waals surface area contributed by atoms with Gasteiger partial charge in [-0.2, -0.15) is 0 Å². The standard InChI is InChI=1S/C57H46N4O2/c1-38-32-53(58-35-49(38)41-22-12-7-13-23-41)61-50-29-15-14-26-47(50)48-31-30-44(34-51(48)61)63-43-25-16-24-42(33-43)52-36-62-56-55(60(37-59(52)56)57(2,3)4)54-45(39-18-8-5-9-19-39)27-17-28-46(54)40-20-10-6-11-21-40/h5-36H,37H2,1-4H3/i7D,12D,13D,22D,23D. The van der Waals surface area contributed by atoms with Crippen LogP contribution < -0.4 is 4.74 Å². The molecule has 11 rings (SSSR count). The number of hydrogen-bond donors (Lipinski definition) is 0. The van der Waals surface area contributed by atoms with Crippen molar-refractivity contribution in [3.05, 3.63) is 217 Å². The molecule has 6 nitrogen and oxygen atoms in total. The highest BCUT2D eigenvalue weighted by atomic mass is 16.5. The SMILES string of the molecule is [2H]c1c([2H])c([2H])c(-c2cnc(-n3c4ccccc4c4ccc(Oc5cccc(C6=COC7=C(c8c(-c9ccccc9)cccc8-c8ccccc8)N(C(C)(C)C)CN67)c5)cc43)cc2C)c([2H])c1[2H]. The van der Waals surface area contributed by atoms with Gasteiger partial charge in [-0.25, -0.2) is 4.98 Å². The number of benzene rings is 7. The molecule has 0 fully saturated rings. The second-order valence-electron chi connectivity index (χ2n) is 16.9. The Balaban J connectivity index is 0.958. The van der Waals surface area contributed by atoms with E-state index in [-0.39, 0.29) is 35.3 Å². The second-order valence-corrected chi connectivity index (χ2v) is 16.9. The maximum absolute atomic E-state index is 8.59. The molecule has 306 valence electrons. The molecule has 2 aliphatic heterocycles. The predicted molar refractivity (Wildman–Crippen MR) is 257 cm³/mol. The van der Waals surface area contributed by atoms with Crippen molar-refractivity contribution in [3.63, 3.8) is 0 Å². The Bertz CT molecular complexity index is 3480. The number of ether oxygens (including phenoxy) is 2. The Morgan fingerprint density at radius 1 is 0.619 bits per heavy atom. The minimum atomic E-state index is -0.427. The van der Waals surface area contributed by atoms with Crippen molar-refractivity contribution in [1.82, 2.24) is 19.4 Å². The molecule has 6 heteroatoms. The third kappa shape index (κ3) is 6.72. The van der Waals surface area contributed by atoms with Gasteiger partial charge in [0.05, 0.1) is 30.3 Å². The summed E-state index contributed by atoms with van der Waals surface area (Å²) < 4.78 is 57.2. The van der Waals surface area contributed by atoms with Crippen LogP contribution in [0.4, 0.5) is 0 Å². The van der Waals surface area contributed by atoms with Gasteiger partial charge in [0.25, 0.3) is 0 Å². The zero-order valence-electron chi connectivity index (χ0n) is 40.4. The Morgan fingerprint density at radius 2 is 1.27 bits per heavy atom. The highest BCUT2D eigenvalue weighted by Gasteiger charge is 2.43.